The number of nitriles is 2. The number of allylic oxidation sites excluding steroid dienone is 1. The number of aromatic nitrogens is 1. The largest absolute Gasteiger partial charge is 0.438 e. The second-order valence-corrected chi connectivity index (χ2v) is 7.86. The molecule has 1 aromatic carbocycles. The molecule has 0 radical (unpaired) electrons. The number of thiophene rings is 1. The van der Waals surface area contributed by atoms with Gasteiger partial charge < -0.3 is 20.8 Å². The first kappa shape index (κ1) is 19.6. The molecular weight excluding hydrogens is 422 g/mol. The monoisotopic (exact) mass is 435 g/mol. The van der Waals surface area contributed by atoms with E-state index in [0.717, 1.165) is 0 Å². The number of hydrogen-bond donors (Lipinski definition) is 3. The average Bonchev–Trinajstić information content (AvgIpc) is 3.09. The Morgan fingerprint density at radius 2 is 2.13 bits per heavy atom. The molecular formula is C21H14ClN5O2S. The van der Waals surface area contributed by atoms with Crippen LogP contribution in [0.4, 0.5) is 5.00 Å². The summed E-state index contributed by atoms with van der Waals surface area (Å²) < 4.78 is 6.31. The highest BCUT2D eigenvalue weighted by atomic mass is 35.5. The van der Waals surface area contributed by atoms with Crippen LogP contribution in [-0.4, -0.2) is 11.5 Å². The van der Waals surface area contributed by atoms with Crippen LogP contribution in [0.5, 0.6) is 5.75 Å². The molecule has 2 aromatic heterocycles. The molecule has 0 fully saturated rings. The summed E-state index contributed by atoms with van der Waals surface area (Å²) in [7, 11) is 0. The second-order valence-electron chi connectivity index (χ2n) is 6.43. The van der Waals surface area contributed by atoms with Crippen molar-refractivity contribution in [2.24, 2.45) is 5.73 Å². The molecule has 4 N–H and O–H groups in total. The fourth-order valence-corrected chi connectivity index (χ4v) is 4.82. The number of hydrogen-bond acceptors (Lipinski definition) is 7. The highest BCUT2D eigenvalue weighted by molar-refractivity contribution is 7.23. The predicted molar refractivity (Wildman–Crippen MR) is 117 cm³/mol. The van der Waals surface area contributed by atoms with Gasteiger partial charge in [0, 0.05) is 11.6 Å². The molecule has 4 rings (SSSR count). The number of benzene rings is 1. The molecule has 0 saturated carbocycles. The van der Waals surface area contributed by atoms with Crippen LogP contribution in [0, 0.1) is 22.7 Å². The molecule has 0 bridgehead atoms. The maximum Gasteiger partial charge on any atom is 0.256 e. The normalized spacial score (nSPS) is 15.1. The van der Waals surface area contributed by atoms with Gasteiger partial charge in [0.15, 0.2) is 5.75 Å². The molecule has 3 aromatic rings. The minimum atomic E-state index is -0.794. The molecule has 9 heteroatoms. The van der Waals surface area contributed by atoms with Crippen molar-refractivity contribution in [3.63, 3.8) is 0 Å². The summed E-state index contributed by atoms with van der Waals surface area (Å²) in [6.07, 6.45) is 1.66. The smallest absolute Gasteiger partial charge is 0.256 e. The van der Waals surface area contributed by atoms with E-state index < -0.39 is 11.5 Å². The van der Waals surface area contributed by atoms with E-state index in [0.29, 0.717) is 37.9 Å². The molecule has 0 aliphatic carbocycles. The summed E-state index contributed by atoms with van der Waals surface area (Å²) in [6.45, 7) is 4.10. The van der Waals surface area contributed by atoms with Gasteiger partial charge in [-0.3, -0.25) is 4.79 Å². The molecule has 1 atom stereocenters. The van der Waals surface area contributed by atoms with Crippen molar-refractivity contribution < 1.29 is 4.74 Å². The Bertz CT molecular complexity index is 1370. The van der Waals surface area contributed by atoms with Crippen molar-refractivity contribution in [3.05, 3.63) is 80.4 Å². The zero-order chi connectivity index (χ0) is 21.4. The maximum absolute atomic E-state index is 13.1. The quantitative estimate of drug-likeness (QED) is 0.532. The fraction of sp³-hybridized carbons (Fsp3) is 0.0952. The Balaban J connectivity index is 2.07. The number of nitrogens with zero attached hydrogens (tertiary/aromatic N) is 2. The maximum atomic E-state index is 13.1. The lowest BCUT2D eigenvalue weighted by Crippen LogP contribution is -2.27. The number of nitrogens with one attached hydrogen (secondary N) is 2. The minimum absolute atomic E-state index is 0.0996. The lowest BCUT2D eigenvalue weighted by atomic mass is 9.84. The van der Waals surface area contributed by atoms with Crippen LogP contribution in [0.25, 0.3) is 10.2 Å². The van der Waals surface area contributed by atoms with Gasteiger partial charge in [0.2, 0.25) is 5.88 Å². The summed E-state index contributed by atoms with van der Waals surface area (Å²) in [5.41, 5.74) is 7.13. The van der Waals surface area contributed by atoms with Crippen LogP contribution in [0.3, 0.4) is 0 Å². The second kappa shape index (κ2) is 7.60. The van der Waals surface area contributed by atoms with Crippen molar-refractivity contribution in [1.82, 2.24) is 4.98 Å². The van der Waals surface area contributed by atoms with Gasteiger partial charge in [-0.25, -0.2) is 0 Å². The van der Waals surface area contributed by atoms with Gasteiger partial charge in [-0.2, -0.15) is 10.5 Å². The van der Waals surface area contributed by atoms with Crippen LogP contribution in [0.15, 0.2) is 53.2 Å². The van der Waals surface area contributed by atoms with Crippen LogP contribution in [0.2, 0.25) is 5.02 Å². The number of halogens is 1. The molecule has 148 valence electrons. The zero-order valence-corrected chi connectivity index (χ0v) is 17.0. The predicted octanol–water partition coefficient (Wildman–Crippen LogP) is 3.93. The number of fused-ring (bicyclic) bond motifs is 3. The Labute approximate surface area is 180 Å². The number of H-pyrrole nitrogens is 1. The van der Waals surface area contributed by atoms with Gasteiger partial charge >= 0.3 is 0 Å². The highest BCUT2D eigenvalue weighted by Gasteiger charge is 2.36. The van der Waals surface area contributed by atoms with E-state index in [9.17, 15) is 15.3 Å². The van der Waals surface area contributed by atoms with E-state index in [1.54, 1.807) is 30.3 Å². The van der Waals surface area contributed by atoms with E-state index in [-0.39, 0.29) is 22.8 Å². The fourth-order valence-electron chi connectivity index (χ4n) is 3.47. The first-order valence-electron chi connectivity index (χ1n) is 8.81. The first-order chi connectivity index (χ1) is 14.5. The Hall–Kier alpha value is -3.72. The lowest BCUT2D eigenvalue weighted by Gasteiger charge is -2.26. The molecule has 1 aliphatic heterocycles. The third-order valence-corrected chi connectivity index (χ3v) is 6.24. The van der Waals surface area contributed by atoms with Gasteiger partial charge in [-0.1, -0.05) is 35.9 Å². The molecule has 30 heavy (non-hydrogen) atoms. The molecule has 7 nitrogen and oxygen atoms in total. The molecule has 3 heterocycles. The average molecular weight is 436 g/mol. The number of aromatic amines is 1. The summed E-state index contributed by atoms with van der Waals surface area (Å²) in [6, 6.07) is 11.1. The topological polar surface area (TPSA) is 128 Å². The van der Waals surface area contributed by atoms with E-state index >= 15 is 0 Å². The van der Waals surface area contributed by atoms with Gasteiger partial charge in [0.05, 0.1) is 21.7 Å². The third-order valence-electron chi connectivity index (χ3n) is 4.75. The third kappa shape index (κ3) is 2.91. The van der Waals surface area contributed by atoms with E-state index in [1.165, 1.54) is 11.3 Å². The molecule has 0 amide bonds. The van der Waals surface area contributed by atoms with Gasteiger partial charge in [-0.15, -0.1) is 17.9 Å². The van der Waals surface area contributed by atoms with E-state index in [2.05, 4.69) is 22.9 Å². The number of nitrogens with two attached hydrogens (primary N) is 1. The van der Waals surface area contributed by atoms with Crippen molar-refractivity contribution in [2.45, 2.75) is 5.92 Å². The molecule has 0 spiro atoms. The van der Waals surface area contributed by atoms with Gasteiger partial charge in [0.1, 0.15) is 28.3 Å². The summed E-state index contributed by atoms with van der Waals surface area (Å²) in [5, 5.41) is 23.4. The van der Waals surface area contributed by atoms with Gasteiger partial charge in [-0.05, 0) is 11.6 Å². The van der Waals surface area contributed by atoms with Crippen LogP contribution >= 0.6 is 22.9 Å². The highest BCUT2D eigenvalue weighted by Crippen LogP contribution is 2.48. The number of pyridine rings is 1. The first-order valence-corrected chi connectivity index (χ1v) is 10.0. The zero-order valence-electron chi connectivity index (χ0n) is 15.5. The van der Waals surface area contributed by atoms with Crippen LogP contribution in [0.1, 0.15) is 22.6 Å². The number of anilines is 1. The molecule has 1 unspecified atom stereocenters. The Morgan fingerprint density at radius 3 is 2.80 bits per heavy atom. The number of ether oxygens (including phenoxy) is 1. The minimum Gasteiger partial charge on any atom is -0.438 e. The van der Waals surface area contributed by atoms with Gasteiger partial charge in [0.25, 0.3) is 5.56 Å². The standard InChI is InChI=1S/C21H14ClN5O2S/c1-2-7-26-21-12(9-24)16-18(30-21)17-15(20(28)27-16)14(11(8-23)19(25)29-17)10-5-3-4-6-13(10)22/h2-6,14,26H,1,7,25H2,(H,27,28). The Kier molecular flexibility index (Phi) is 4.96. The van der Waals surface area contributed by atoms with Crippen molar-refractivity contribution in [3.8, 4) is 17.9 Å². The van der Waals surface area contributed by atoms with E-state index in [1.807, 2.05) is 6.07 Å². The summed E-state index contributed by atoms with van der Waals surface area (Å²) in [5.74, 6) is -0.671. The van der Waals surface area contributed by atoms with Crippen molar-refractivity contribution in [1.29, 1.82) is 10.5 Å². The van der Waals surface area contributed by atoms with Crippen molar-refractivity contribution in [2.75, 3.05) is 11.9 Å². The summed E-state index contributed by atoms with van der Waals surface area (Å²) in [4.78, 5) is 15.9. The van der Waals surface area contributed by atoms with Crippen molar-refractivity contribution >= 4 is 38.2 Å². The molecule has 1 aliphatic rings. The van der Waals surface area contributed by atoms with Crippen LogP contribution < -0.4 is 21.3 Å². The van der Waals surface area contributed by atoms with E-state index in [4.69, 9.17) is 22.1 Å². The lowest BCUT2D eigenvalue weighted by molar-refractivity contribution is 0.397. The van der Waals surface area contributed by atoms with Crippen LogP contribution in [-0.2, 0) is 0 Å². The number of rotatable bonds is 4. The SMILES string of the molecule is C=CCNc1sc2c3c(c(=O)[nH]c2c1C#N)C(c1ccccc1Cl)C(C#N)=C(N)O3. The summed E-state index contributed by atoms with van der Waals surface area (Å²) >= 11 is 7.64. The Morgan fingerprint density at radius 1 is 1.37 bits per heavy atom. The molecule has 0 saturated heterocycles.